The molecule has 4 rings (SSSR count). The standard InChI is InChI=1S/C24H31ClF2N2O6S.CH3FS/c1-10(25)16(22-19(31)18(30)20(32)24(35-22)36-2)29-23(33)17-21-13(9-28-17)5-11(3-4-34-21)12-6-14(26)8-15(27)7-12;1-3-2/h5-8,10,13,16-22,24,28,30-32H,3-4,9H2,1-2H3,(H,29,33);1H3/t10-,13-,16+,17-,18+,19?,20+,21+,22+,24?;/m0./s1. The largest absolute Gasteiger partial charge is 0.388 e. The molecule has 0 bridgehead atoms. The van der Waals surface area contributed by atoms with Gasteiger partial charge in [0.05, 0.1) is 24.1 Å². The van der Waals surface area contributed by atoms with Crippen LogP contribution < -0.4 is 10.6 Å². The summed E-state index contributed by atoms with van der Waals surface area (Å²) in [6, 6.07) is 1.74. The number of rotatable bonds is 6. The molecule has 0 aliphatic carbocycles. The van der Waals surface area contributed by atoms with Gasteiger partial charge in [0.2, 0.25) is 5.91 Å². The lowest BCUT2D eigenvalue weighted by molar-refractivity contribution is -0.205. The Kier molecular flexibility index (Phi) is 12.3. The van der Waals surface area contributed by atoms with Crippen molar-refractivity contribution in [2.45, 2.75) is 66.8 Å². The van der Waals surface area contributed by atoms with Crippen LogP contribution in [0.15, 0.2) is 24.3 Å². The molecule has 3 aliphatic heterocycles. The Morgan fingerprint density at radius 1 is 1.15 bits per heavy atom. The Balaban J connectivity index is 0.00000134. The summed E-state index contributed by atoms with van der Waals surface area (Å²) in [7, 11) is 0. The van der Waals surface area contributed by atoms with Crippen molar-refractivity contribution < 1.29 is 42.3 Å². The molecule has 5 N–H and O–H groups in total. The minimum atomic E-state index is -1.47. The molecule has 39 heavy (non-hydrogen) atoms. The smallest absolute Gasteiger partial charge is 0.240 e. The Morgan fingerprint density at radius 3 is 2.38 bits per heavy atom. The zero-order valence-corrected chi connectivity index (χ0v) is 24.0. The molecule has 3 aliphatic rings. The zero-order chi connectivity index (χ0) is 28.9. The molecule has 0 aromatic heterocycles. The van der Waals surface area contributed by atoms with E-state index < -0.39 is 71.0 Å². The highest BCUT2D eigenvalue weighted by atomic mass is 35.5. The number of carbonyl (C=O) groups is 1. The number of carbonyl (C=O) groups excluding carboxylic acids is 1. The quantitative estimate of drug-likeness (QED) is 0.307. The number of aliphatic hydroxyl groups is 3. The van der Waals surface area contributed by atoms with E-state index in [-0.39, 0.29) is 24.7 Å². The normalized spacial score (nSPS) is 34.1. The summed E-state index contributed by atoms with van der Waals surface area (Å²) < 4.78 is 49.5. The second-order valence-electron chi connectivity index (χ2n) is 9.53. The van der Waals surface area contributed by atoms with Crippen LogP contribution in [0.5, 0.6) is 0 Å². The van der Waals surface area contributed by atoms with Crippen molar-refractivity contribution >= 4 is 47.0 Å². The van der Waals surface area contributed by atoms with Crippen LogP contribution in [-0.4, -0.2) is 100 Å². The van der Waals surface area contributed by atoms with Crippen LogP contribution in [0.4, 0.5) is 12.7 Å². The first-order valence-electron chi connectivity index (χ1n) is 12.4. The monoisotopic (exact) mass is 614 g/mol. The number of amides is 1. The van der Waals surface area contributed by atoms with Crippen molar-refractivity contribution in [2.24, 2.45) is 5.92 Å². The van der Waals surface area contributed by atoms with Gasteiger partial charge in [-0.25, -0.2) is 8.78 Å². The fourth-order valence-electron chi connectivity index (χ4n) is 5.06. The number of thioether (sulfide) groups is 1. The highest BCUT2D eigenvalue weighted by molar-refractivity contribution is 7.99. The van der Waals surface area contributed by atoms with E-state index in [0.29, 0.717) is 18.5 Å². The van der Waals surface area contributed by atoms with Gasteiger partial charge in [-0.1, -0.05) is 6.08 Å². The van der Waals surface area contributed by atoms with Crippen molar-refractivity contribution in [3.63, 3.8) is 0 Å². The maximum Gasteiger partial charge on any atom is 0.240 e. The van der Waals surface area contributed by atoms with Crippen molar-refractivity contribution in [1.82, 2.24) is 10.6 Å². The molecule has 3 heterocycles. The molecule has 0 spiro atoms. The lowest BCUT2D eigenvalue weighted by Gasteiger charge is -2.44. The first-order chi connectivity index (χ1) is 18.5. The SMILES string of the molecule is CSC1O[C@H]([C@H](NC(=O)[C@H]2NC[C@@H]3C=C(c4cc(F)cc(F)c4)CCO[C@@H]23)[C@H](C)Cl)C(O)[C@@H](O)[C@H]1O.CSF. The van der Waals surface area contributed by atoms with Crippen LogP contribution in [-0.2, 0) is 14.3 Å². The summed E-state index contributed by atoms with van der Waals surface area (Å²) in [5.41, 5.74) is 0.372. The van der Waals surface area contributed by atoms with Crippen LogP contribution in [0.3, 0.4) is 0 Å². The highest BCUT2D eigenvalue weighted by Crippen LogP contribution is 2.33. The molecule has 0 saturated carbocycles. The van der Waals surface area contributed by atoms with E-state index in [1.807, 2.05) is 6.08 Å². The number of nitrogens with one attached hydrogen (secondary N) is 2. The number of alkyl halides is 1. The third kappa shape index (κ3) is 7.83. The van der Waals surface area contributed by atoms with Crippen molar-refractivity contribution in [1.29, 1.82) is 0 Å². The van der Waals surface area contributed by atoms with Gasteiger partial charge in [-0.15, -0.1) is 23.4 Å². The summed E-state index contributed by atoms with van der Waals surface area (Å²) >= 11 is 7.78. The Labute approximate surface area is 239 Å². The molecule has 220 valence electrons. The molecule has 1 amide bonds. The number of hydrogen-bond acceptors (Lipinski definition) is 9. The summed E-state index contributed by atoms with van der Waals surface area (Å²) in [4.78, 5) is 13.3. The van der Waals surface area contributed by atoms with Gasteiger partial charge in [0.15, 0.2) is 0 Å². The second kappa shape index (κ2) is 14.7. The molecule has 8 nitrogen and oxygen atoms in total. The molecule has 2 saturated heterocycles. The van der Waals surface area contributed by atoms with Crippen LogP contribution in [0.25, 0.3) is 5.57 Å². The fourth-order valence-corrected chi connectivity index (χ4v) is 5.95. The van der Waals surface area contributed by atoms with Gasteiger partial charge in [0, 0.05) is 36.9 Å². The van der Waals surface area contributed by atoms with Crippen molar-refractivity contribution in [2.75, 3.05) is 25.7 Å². The molecule has 2 unspecified atom stereocenters. The van der Waals surface area contributed by atoms with Gasteiger partial charge < -0.3 is 35.4 Å². The van der Waals surface area contributed by atoms with E-state index in [9.17, 15) is 32.8 Å². The average Bonchev–Trinajstić information content (AvgIpc) is 3.15. The maximum absolute atomic E-state index is 13.7. The molecule has 1 aromatic carbocycles. The molecule has 2 fully saturated rings. The van der Waals surface area contributed by atoms with Crippen molar-refractivity contribution in [3.8, 4) is 0 Å². The summed E-state index contributed by atoms with van der Waals surface area (Å²) in [5.74, 6) is -1.97. The molecule has 10 atom stereocenters. The van der Waals surface area contributed by atoms with Gasteiger partial charge in [-0.3, -0.25) is 4.79 Å². The molecule has 0 radical (unpaired) electrons. The maximum atomic E-state index is 13.7. The number of hydrogen-bond donors (Lipinski definition) is 5. The van der Waals surface area contributed by atoms with Gasteiger partial charge >= 0.3 is 0 Å². The minimum Gasteiger partial charge on any atom is -0.388 e. The first-order valence-corrected chi connectivity index (χ1v) is 15.2. The molecular weight excluding hydrogens is 581 g/mol. The lowest BCUT2D eigenvalue weighted by Crippen LogP contribution is -2.65. The lowest BCUT2D eigenvalue weighted by atomic mass is 9.92. The summed E-state index contributed by atoms with van der Waals surface area (Å²) in [6.07, 6.45) is -0.421. The van der Waals surface area contributed by atoms with Gasteiger partial charge in [0.1, 0.15) is 47.5 Å². The van der Waals surface area contributed by atoms with Gasteiger partial charge in [0.25, 0.3) is 0 Å². The van der Waals surface area contributed by atoms with Crippen LogP contribution in [0.2, 0.25) is 0 Å². The molecular formula is C25H34ClF3N2O6S2. The van der Waals surface area contributed by atoms with E-state index in [0.717, 1.165) is 11.6 Å². The number of halogens is 4. The number of fused-ring (bicyclic) bond motifs is 1. The molecule has 1 aromatic rings. The molecule has 14 heteroatoms. The van der Waals surface area contributed by atoms with E-state index in [4.69, 9.17) is 21.1 Å². The van der Waals surface area contributed by atoms with Crippen molar-refractivity contribution in [3.05, 3.63) is 41.5 Å². The van der Waals surface area contributed by atoms with E-state index in [1.165, 1.54) is 30.2 Å². The van der Waals surface area contributed by atoms with E-state index in [2.05, 4.69) is 10.6 Å². The second-order valence-corrected chi connectivity index (χ2v) is 11.5. The summed E-state index contributed by atoms with van der Waals surface area (Å²) in [6.45, 7) is 2.30. The number of benzene rings is 1. The fraction of sp³-hybridized carbons (Fsp3) is 0.640. The topological polar surface area (TPSA) is 120 Å². The third-order valence-electron chi connectivity index (χ3n) is 6.93. The Hall–Kier alpha value is -1.03. The van der Waals surface area contributed by atoms with Gasteiger partial charge in [-0.2, -0.15) is 3.89 Å². The Bertz CT molecular complexity index is 990. The van der Waals surface area contributed by atoms with Crippen LogP contribution in [0, 0.1) is 17.6 Å². The van der Waals surface area contributed by atoms with E-state index in [1.54, 1.807) is 13.2 Å². The number of ether oxygens (including phenoxy) is 2. The third-order valence-corrected chi connectivity index (χ3v) is 8.06. The predicted molar refractivity (Wildman–Crippen MR) is 146 cm³/mol. The van der Waals surface area contributed by atoms with Crippen LogP contribution in [0.1, 0.15) is 18.9 Å². The first kappa shape index (κ1) is 32.5. The zero-order valence-electron chi connectivity index (χ0n) is 21.6. The van der Waals surface area contributed by atoms with Crippen LogP contribution >= 0.6 is 35.5 Å². The average molecular weight is 615 g/mol. The predicted octanol–water partition coefficient (Wildman–Crippen LogP) is 2.24. The highest BCUT2D eigenvalue weighted by Gasteiger charge is 2.49. The van der Waals surface area contributed by atoms with E-state index >= 15 is 0 Å². The Morgan fingerprint density at radius 2 is 1.79 bits per heavy atom. The van der Waals surface area contributed by atoms with Gasteiger partial charge in [-0.05, 0) is 42.9 Å². The minimum absolute atomic E-state index is 0.217. The summed E-state index contributed by atoms with van der Waals surface area (Å²) in [5, 5.41) is 36.3. The number of aliphatic hydroxyl groups excluding tert-OH is 3.